The molecule has 0 aromatic carbocycles. The Morgan fingerprint density at radius 2 is 0.650 bits per heavy atom. The van der Waals surface area contributed by atoms with Crippen molar-refractivity contribution in [2.75, 3.05) is 13.2 Å². The lowest BCUT2D eigenvalue weighted by molar-refractivity contribution is -0.167. The molecule has 60 heavy (non-hydrogen) atoms. The predicted molar refractivity (Wildman–Crippen MR) is 256 cm³/mol. The molecule has 0 rings (SSSR count). The van der Waals surface area contributed by atoms with Crippen molar-refractivity contribution in [3.8, 4) is 0 Å². The molecule has 0 aromatic heterocycles. The Morgan fingerprint density at radius 1 is 0.350 bits per heavy atom. The van der Waals surface area contributed by atoms with Crippen LogP contribution >= 0.6 is 0 Å². The van der Waals surface area contributed by atoms with Crippen molar-refractivity contribution < 1.29 is 28.6 Å². The van der Waals surface area contributed by atoms with Gasteiger partial charge >= 0.3 is 17.9 Å². The van der Waals surface area contributed by atoms with Crippen LogP contribution in [0.25, 0.3) is 0 Å². The van der Waals surface area contributed by atoms with Crippen LogP contribution in [0, 0.1) is 0 Å². The van der Waals surface area contributed by atoms with Crippen LogP contribution in [-0.2, 0) is 28.6 Å². The molecule has 6 nitrogen and oxygen atoms in total. The molecule has 0 heterocycles. The molecule has 0 spiro atoms. The lowest BCUT2D eigenvalue weighted by Gasteiger charge is -2.18. The fraction of sp³-hybridized carbons (Fsp3) is 0.648. The van der Waals surface area contributed by atoms with Gasteiger partial charge in [0.25, 0.3) is 0 Å². The van der Waals surface area contributed by atoms with Gasteiger partial charge in [0, 0.05) is 19.3 Å². The van der Waals surface area contributed by atoms with E-state index in [-0.39, 0.29) is 31.1 Å². The minimum Gasteiger partial charge on any atom is -0.462 e. The summed E-state index contributed by atoms with van der Waals surface area (Å²) in [6, 6.07) is 0. The largest absolute Gasteiger partial charge is 0.462 e. The van der Waals surface area contributed by atoms with Crippen molar-refractivity contribution in [3.05, 3.63) is 97.2 Å². The normalized spacial score (nSPS) is 12.9. The maximum absolute atomic E-state index is 12.8. The number of allylic oxidation sites excluding steroid dienone is 16. The molecule has 0 aliphatic heterocycles. The number of carbonyl (C=O) groups is 3. The molecule has 0 amide bonds. The predicted octanol–water partition coefficient (Wildman–Crippen LogP) is 15.8. The molecule has 0 aromatic rings. The minimum atomic E-state index is -0.800. The Bertz CT molecular complexity index is 1230. The summed E-state index contributed by atoms with van der Waals surface area (Å²) in [6.07, 6.45) is 62.4. The molecule has 0 saturated carbocycles. The molecule has 0 radical (unpaired) electrons. The van der Waals surface area contributed by atoms with E-state index in [0.717, 1.165) is 83.5 Å². The van der Waals surface area contributed by atoms with Crippen LogP contribution in [0.2, 0.25) is 0 Å². The smallest absolute Gasteiger partial charge is 0.306 e. The fourth-order valence-electron chi connectivity index (χ4n) is 6.35. The first-order chi connectivity index (χ1) is 29.5. The fourth-order valence-corrected chi connectivity index (χ4v) is 6.35. The average molecular weight is 833 g/mol. The van der Waals surface area contributed by atoms with Gasteiger partial charge in [-0.1, -0.05) is 221 Å². The lowest BCUT2D eigenvalue weighted by atomic mass is 10.1. The average Bonchev–Trinajstić information content (AvgIpc) is 3.24. The number of hydrogen-bond donors (Lipinski definition) is 0. The highest BCUT2D eigenvalue weighted by molar-refractivity contribution is 5.71. The van der Waals surface area contributed by atoms with Crippen LogP contribution in [0.5, 0.6) is 0 Å². The summed E-state index contributed by atoms with van der Waals surface area (Å²) in [5, 5.41) is 0. The third-order valence-electron chi connectivity index (χ3n) is 10.0. The molecule has 6 heteroatoms. The minimum absolute atomic E-state index is 0.0970. The first-order valence-corrected chi connectivity index (χ1v) is 24.3. The third kappa shape index (κ3) is 45.4. The van der Waals surface area contributed by atoms with E-state index < -0.39 is 6.10 Å². The van der Waals surface area contributed by atoms with Crippen molar-refractivity contribution in [1.29, 1.82) is 0 Å². The summed E-state index contributed by atoms with van der Waals surface area (Å²) in [7, 11) is 0. The zero-order chi connectivity index (χ0) is 43.7. The number of esters is 3. The van der Waals surface area contributed by atoms with E-state index in [2.05, 4.69) is 57.2 Å². The highest BCUT2D eigenvalue weighted by Gasteiger charge is 2.19. The molecule has 0 bridgehead atoms. The molecule has 1 unspecified atom stereocenters. The van der Waals surface area contributed by atoms with E-state index in [1.165, 1.54) is 83.5 Å². The van der Waals surface area contributed by atoms with E-state index >= 15 is 0 Å². The molecular weight excluding hydrogens is 745 g/mol. The topological polar surface area (TPSA) is 78.9 Å². The number of rotatable bonds is 42. The molecular formula is C54H88O6. The Morgan fingerprint density at radius 3 is 1.08 bits per heavy atom. The molecule has 0 N–H and O–H groups in total. The second-order valence-corrected chi connectivity index (χ2v) is 15.8. The van der Waals surface area contributed by atoms with Gasteiger partial charge in [0.05, 0.1) is 0 Å². The molecule has 0 saturated heterocycles. The van der Waals surface area contributed by atoms with Gasteiger partial charge in [-0.2, -0.15) is 0 Å². The van der Waals surface area contributed by atoms with E-state index in [4.69, 9.17) is 14.2 Å². The maximum Gasteiger partial charge on any atom is 0.306 e. The standard InChI is InChI=1S/C54H88O6/c1-4-7-10-13-16-19-22-24-26-27-29-30-32-35-38-41-44-47-53(56)59-50-51(49-58-52(55)46-43-40-37-34-21-18-15-12-9-6-3)60-54(57)48-45-42-39-36-33-31-28-25-23-20-17-14-11-8-5-2/h7,10,13,16-17,19-20,22-27,29-30,32,51H,4-6,8-9,11-12,14-15,18,21,28,31,33-50H2,1-3H3/b10-7-,16-13-,20-17-,22-19-,25-23-,26-24-,29-27+,32-30-. The number of carbonyl (C=O) groups excluding carboxylic acids is 3. The number of ether oxygens (including phenoxy) is 3. The zero-order valence-electron chi connectivity index (χ0n) is 38.7. The van der Waals surface area contributed by atoms with Gasteiger partial charge in [0.2, 0.25) is 0 Å². The van der Waals surface area contributed by atoms with Crippen LogP contribution in [0.3, 0.4) is 0 Å². The second-order valence-electron chi connectivity index (χ2n) is 15.8. The van der Waals surface area contributed by atoms with Crippen LogP contribution in [-0.4, -0.2) is 37.2 Å². The van der Waals surface area contributed by atoms with Crippen molar-refractivity contribution >= 4 is 17.9 Å². The highest BCUT2D eigenvalue weighted by atomic mass is 16.6. The van der Waals surface area contributed by atoms with Gasteiger partial charge in [-0.05, 0) is 64.2 Å². The van der Waals surface area contributed by atoms with Crippen molar-refractivity contribution in [3.63, 3.8) is 0 Å². The van der Waals surface area contributed by atoms with Crippen molar-refractivity contribution in [2.24, 2.45) is 0 Å². The monoisotopic (exact) mass is 833 g/mol. The summed E-state index contributed by atoms with van der Waals surface area (Å²) < 4.78 is 16.7. The SMILES string of the molecule is CC\C=C/C=C\C=C/C=C\C=C\C=C/CCCCCC(=O)OCC(COC(=O)CCCCCCCCCCCC)OC(=O)CCCCCCCC/C=C\C=C/CCCCC. The maximum atomic E-state index is 12.8. The van der Waals surface area contributed by atoms with Crippen LogP contribution < -0.4 is 0 Å². The summed E-state index contributed by atoms with van der Waals surface area (Å²) in [4.78, 5) is 37.8. The van der Waals surface area contributed by atoms with E-state index in [1.807, 2.05) is 60.8 Å². The van der Waals surface area contributed by atoms with Gasteiger partial charge in [-0.3, -0.25) is 14.4 Å². The Kier molecular flexibility index (Phi) is 45.1. The highest BCUT2D eigenvalue weighted by Crippen LogP contribution is 2.14. The van der Waals surface area contributed by atoms with Gasteiger partial charge in [0.15, 0.2) is 6.10 Å². The van der Waals surface area contributed by atoms with E-state index in [0.29, 0.717) is 19.3 Å². The molecule has 0 aliphatic rings. The summed E-state index contributed by atoms with van der Waals surface area (Å²) in [5.41, 5.74) is 0. The van der Waals surface area contributed by atoms with Gasteiger partial charge < -0.3 is 14.2 Å². The molecule has 0 fully saturated rings. The molecule has 1 atom stereocenters. The Labute approximate surface area is 368 Å². The lowest BCUT2D eigenvalue weighted by Crippen LogP contribution is -2.30. The summed E-state index contributed by atoms with van der Waals surface area (Å²) in [6.45, 7) is 6.38. The van der Waals surface area contributed by atoms with E-state index in [1.54, 1.807) is 0 Å². The van der Waals surface area contributed by atoms with Crippen molar-refractivity contribution in [2.45, 2.75) is 213 Å². The summed E-state index contributed by atoms with van der Waals surface area (Å²) in [5.74, 6) is -0.961. The molecule has 0 aliphatic carbocycles. The summed E-state index contributed by atoms with van der Waals surface area (Å²) >= 11 is 0. The van der Waals surface area contributed by atoms with Gasteiger partial charge in [-0.15, -0.1) is 0 Å². The Balaban J connectivity index is 4.50. The molecule has 340 valence electrons. The first kappa shape index (κ1) is 56.3. The van der Waals surface area contributed by atoms with Gasteiger partial charge in [-0.25, -0.2) is 0 Å². The number of hydrogen-bond acceptors (Lipinski definition) is 6. The number of unbranched alkanes of at least 4 members (excludes halogenated alkanes) is 21. The van der Waals surface area contributed by atoms with Crippen LogP contribution in [0.1, 0.15) is 207 Å². The quantitative estimate of drug-likeness (QED) is 0.0264. The Hall–Kier alpha value is -3.67. The van der Waals surface area contributed by atoms with E-state index in [9.17, 15) is 14.4 Å². The van der Waals surface area contributed by atoms with Gasteiger partial charge in [0.1, 0.15) is 13.2 Å². The third-order valence-corrected chi connectivity index (χ3v) is 10.0. The first-order valence-electron chi connectivity index (χ1n) is 24.3. The van der Waals surface area contributed by atoms with Crippen LogP contribution in [0.4, 0.5) is 0 Å². The zero-order valence-corrected chi connectivity index (χ0v) is 38.7. The van der Waals surface area contributed by atoms with Crippen LogP contribution in [0.15, 0.2) is 97.2 Å². The second kappa shape index (κ2) is 48.0. The van der Waals surface area contributed by atoms with Crippen molar-refractivity contribution in [1.82, 2.24) is 0 Å².